The third-order valence-electron chi connectivity index (χ3n) is 3.80. The Morgan fingerprint density at radius 2 is 2.04 bits per heavy atom. The molecule has 26 heavy (non-hydrogen) atoms. The number of rotatable bonds is 7. The van der Waals surface area contributed by atoms with Crippen LogP contribution in [-0.2, 0) is 0 Å². The Hall–Kier alpha value is -2.89. The molecule has 2 aromatic rings. The number of para-hydroxylation sites is 1. The summed E-state index contributed by atoms with van der Waals surface area (Å²) in [6.45, 7) is 8.12. The number of urea groups is 1. The Morgan fingerprint density at radius 3 is 2.62 bits per heavy atom. The number of hydrogen-bond donors (Lipinski definition) is 2. The number of anilines is 1. The van der Waals surface area contributed by atoms with Crippen LogP contribution in [0.1, 0.15) is 44.9 Å². The third kappa shape index (κ3) is 4.81. The molecule has 0 spiro atoms. The largest absolute Gasteiger partial charge is 0.351 e. The number of allylic oxidation sites excluding steroid dienone is 2. The maximum atomic E-state index is 11.5. The van der Waals surface area contributed by atoms with Gasteiger partial charge in [-0.15, -0.1) is 0 Å². The minimum absolute atomic E-state index is 0.194. The van der Waals surface area contributed by atoms with Gasteiger partial charge in [0.25, 0.3) is 0 Å². The lowest BCUT2D eigenvalue weighted by Gasteiger charge is -2.07. The Kier molecular flexibility index (Phi) is 6.72. The maximum absolute atomic E-state index is 11.5. The van der Waals surface area contributed by atoms with Crippen LogP contribution in [0.5, 0.6) is 0 Å². The van der Waals surface area contributed by atoms with Gasteiger partial charge in [0.2, 0.25) is 0 Å². The Bertz CT molecular complexity index is 803. The summed E-state index contributed by atoms with van der Waals surface area (Å²) >= 11 is 0. The first-order chi connectivity index (χ1) is 12.4. The number of nitrogens with zero attached hydrogens (tertiary/aromatic N) is 3. The minimum Gasteiger partial charge on any atom is -0.351 e. The summed E-state index contributed by atoms with van der Waals surface area (Å²) in [5.74, 6) is 0.569. The topological polar surface area (TPSA) is 85.3 Å². The second-order valence-corrected chi connectivity index (χ2v) is 6.38. The fourth-order valence-corrected chi connectivity index (χ4v) is 2.53. The van der Waals surface area contributed by atoms with Gasteiger partial charge >= 0.3 is 6.03 Å². The molecule has 6 heteroatoms. The fourth-order valence-electron chi connectivity index (χ4n) is 2.53. The molecule has 0 aliphatic carbocycles. The van der Waals surface area contributed by atoms with Gasteiger partial charge in [0.05, 0.1) is 11.4 Å². The SMILES string of the molecule is CCC/C=C(\C=N/C(C)C)c1nn(-c2ccccc2)c(NC(N)=O)c1C. The van der Waals surface area contributed by atoms with Crippen molar-refractivity contribution >= 4 is 23.6 Å². The van der Waals surface area contributed by atoms with E-state index in [-0.39, 0.29) is 6.04 Å². The van der Waals surface area contributed by atoms with Crippen molar-refractivity contribution in [2.24, 2.45) is 10.7 Å². The Morgan fingerprint density at radius 1 is 1.35 bits per heavy atom. The first-order valence-corrected chi connectivity index (χ1v) is 8.89. The monoisotopic (exact) mass is 353 g/mol. The molecule has 3 N–H and O–H groups in total. The number of primary amides is 1. The highest BCUT2D eigenvalue weighted by atomic mass is 16.2. The van der Waals surface area contributed by atoms with Crippen molar-refractivity contribution in [1.29, 1.82) is 0 Å². The van der Waals surface area contributed by atoms with Crippen molar-refractivity contribution in [3.05, 3.63) is 47.7 Å². The van der Waals surface area contributed by atoms with Crippen LogP contribution in [-0.4, -0.2) is 28.1 Å². The molecule has 0 saturated heterocycles. The zero-order chi connectivity index (χ0) is 19.1. The van der Waals surface area contributed by atoms with Crippen LogP contribution in [0.3, 0.4) is 0 Å². The van der Waals surface area contributed by atoms with E-state index in [1.165, 1.54) is 0 Å². The van der Waals surface area contributed by atoms with Gasteiger partial charge in [-0.3, -0.25) is 10.3 Å². The molecule has 2 amide bonds. The van der Waals surface area contributed by atoms with E-state index in [0.717, 1.165) is 35.4 Å². The van der Waals surface area contributed by atoms with Gasteiger partial charge in [0, 0.05) is 23.4 Å². The van der Waals surface area contributed by atoms with E-state index in [4.69, 9.17) is 10.8 Å². The molecule has 0 atom stereocenters. The van der Waals surface area contributed by atoms with Crippen molar-refractivity contribution in [2.45, 2.75) is 46.6 Å². The Balaban J connectivity index is 2.60. The first-order valence-electron chi connectivity index (χ1n) is 8.89. The molecule has 0 unspecified atom stereocenters. The number of unbranched alkanes of at least 4 members (excludes halogenated alkanes) is 1. The summed E-state index contributed by atoms with van der Waals surface area (Å²) in [7, 11) is 0. The van der Waals surface area contributed by atoms with Crippen LogP contribution in [0, 0.1) is 6.92 Å². The Labute approximate surface area is 154 Å². The van der Waals surface area contributed by atoms with Crippen molar-refractivity contribution < 1.29 is 4.79 Å². The molecule has 1 heterocycles. The number of amides is 2. The van der Waals surface area contributed by atoms with Gasteiger partial charge in [-0.2, -0.15) is 5.10 Å². The second kappa shape index (κ2) is 8.99. The van der Waals surface area contributed by atoms with E-state index < -0.39 is 6.03 Å². The highest BCUT2D eigenvalue weighted by Crippen LogP contribution is 2.27. The lowest BCUT2D eigenvalue weighted by molar-refractivity contribution is 0.259. The highest BCUT2D eigenvalue weighted by molar-refractivity contribution is 6.10. The molecule has 1 aromatic carbocycles. The van der Waals surface area contributed by atoms with Crippen LogP contribution in [0.25, 0.3) is 11.3 Å². The zero-order valence-electron chi connectivity index (χ0n) is 15.9. The van der Waals surface area contributed by atoms with Crippen LogP contribution >= 0.6 is 0 Å². The number of benzene rings is 1. The fraction of sp³-hybridized carbons (Fsp3) is 0.350. The van der Waals surface area contributed by atoms with Gasteiger partial charge < -0.3 is 5.73 Å². The zero-order valence-corrected chi connectivity index (χ0v) is 15.9. The molecular weight excluding hydrogens is 326 g/mol. The predicted octanol–water partition coefficient (Wildman–Crippen LogP) is 4.33. The van der Waals surface area contributed by atoms with E-state index in [1.54, 1.807) is 4.68 Å². The average Bonchev–Trinajstić information content (AvgIpc) is 2.92. The quantitative estimate of drug-likeness (QED) is 0.726. The molecule has 0 bridgehead atoms. The van der Waals surface area contributed by atoms with Crippen LogP contribution in [0.4, 0.5) is 10.6 Å². The van der Waals surface area contributed by atoms with E-state index in [9.17, 15) is 4.79 Å². The number of hydrogen-bond acceptors (Lipinski definition) is 3. The maximum Gasteiger partial charge on any atom is 0.317 e. The summed E-state index contributed by atoms with van der Waals surface area (Å²) in [6.07, 6.45) is 5.95. The standard InChI is InChI=1S/C20H27N5O/c1-5-6-10-16(13-22-14(2)3)18-15(4)19(23-20(21)26)25(24-18)17-11-8-7-9-12-17/h7-14H,5-6H2,1-4H3,(H3,21,23,26)/b16-10+,22-13-. The molecule has 138 valence electrons. The summed E-state index contributed by atoms with van der Waals surface area (Å²) < 4.78 is 1.71. The van der Waals surface area contributed by atoms with E-state index in [2.05, 4.69) is 23.3 Å². The summed E-state index contributed by atoms with van der Waals surface area (Å²) in [5, 5.41) is 7.46. The normalized spacial score (nSPS) is 12.1. The van der Waals surface area contributed by atoms with E-state index in [1.807, 2.05) is 57.3 Å². The number of carbonyl (C=O) groups excluding carboxylic acids is 1. The lowest BCUT2D eigenvalue weighted by Crippen LogP contribution is -2.21. The van der Waals surface area contributed by atoms with Crippen LogP contribution < -0.4 is 11.1 Å². The summed E-state index contributed by atoms with van der Waals surface area (Å²) in [6, 6.07) is 9.22. The number of nitrogens with two attached hydrogens (primary N) is 1. The number of aliphatic imine (C=N–C) groups is 1. The third-order valence-corrected chi connectivity index (χ3v) is 3.80. The average molecular weight is 353 g/mol. The molecule has 2 rings (SSSR count). The second-order valence-electron chi connectivity index (χ2n) is 6.38. The molecule has 0 saturated carbocycles. The summed E-state index contributed by atoms with van der Waals surface area (Å²) in [4.78, 5) is 16.0. The number of nitrogens with one attached hydrogen (secondary N) is 1. The molecular formula is C20H27N5O. The highest BCUT2D eigenvalue weighted by Gasteiger charge is 2.19. The van der Waals surface area contributed by atoms with E-state index in [0.29, 0.717) is 5.82 Å². The summed E-state index contributed by atoms with van der Waals surface area (Å²) in [5.41, 5.74) is 8.80. The minimum atomic E-state index is -0.619. The smallest absolute Gasteiger partial charge is 0.317 e. The number of aromatic nitrogens is 2. The molecule has 6 nitrogen and oxygen atoms in total. The van der Waals surface area contributed by atoms with Gasteiger partial charge in [0.1, 0.15) is 5.82 Å². The van der Waals surface area contributed by atoms with Gasteiger partial charge in [-0.25, -0.2) is 9.48 Å². The van der Waals surface area contributed by atoms with Crippen molar-refractivity contribution in [3.8, 4) is 5.69 Å². The van der Waals surface area contributed by atoms with Gasteiger partial charge in [0.15, 0.2) is 0 Å². The molecule has 0 aliphatic rings. The van der Waals surface area contributed by atoms with Gasteiger partial charge in [-0.1, -0.05) is 37.6 Å². The van der Waals surface area contributed by atoms with Crippen LogP contribution in [0.2, 0.25) is 0 Å². The lowest BCUT2D eigenvalue weighted by atomic mass is 10.1. The molecule has 0 radical (unpaired) electrons. The van der Waals surface area contributed by atoms with Crippen molar-refractivity contribution in [3.63, 3.8) is 0 Å². The van der Waals surface area contributed by atoms with Crippen LogP contribution in [0.15, 0.2) is 41.4 Å². The molecule has 0 aliphatic heterocycles. The molecule has 0 fully saturated rings. The van der Waals surface area contributed by atoms with Crippen molar-refractivity contribution in [1.82, 2.24) is 9.78 Å². The first kappa shape index (κ1) is 19.4. The van der Waals surface area contributed by atoms with Gasteiger partial charge in [-0.05, 0) is 39.3 Å². The van der Waals surface area contributed by atoms with Crippen molar-refractivity contribution in [2.75, 3.05) is 5.32 Å². The predicted molar refractivity (Wildman–Crippen MR) is 108 cm³/mol. The number of carbonyl (C=O) groups is 1. The molecule has 1 aromatic heterocycles. The van der Waals surface area contributed by atoms with E-state index >= 15 is 0 Å².